The predicted molar refractivity (Wildman–Crippen MR) is 77.0 cm³/mol. The number of hydrogen-bond donors (Lipinski definition) is 1. The zero-order valence-electron chi connectivity index (χ0n) is 11.6. The SMILES string of the molecule is CCCNc1nnc(CN2[C@H](C)CCC[C@@H]2C)s1. The Bertz CT molecular complexity index is 356. The molecule has 2 heterocycles. The molecule has 1 aromatic rings. The molecule has 4 nitrogen and oxygen atoms in total. The topological polar surface area (TPSA) is 41.1 Å². The van der Waals surface area contributed by atoms with E-state index in [0.29, 0.717) is 12.1 Å². The summed E-state index contributed by atoms with van der Waals surface area (Å²) in [6.07, 6.45) is 5.10. The standard InChI is InChI=1S/C13H24N4S/c1-4-8-14-13-16-15-12(18-13)9-17-10(2)6-5-7-11(17)3/h10-11H,4-9H2,1-3H3,(H,14,16)/t10-,11+. The molecule has 0 bridgehead atoms. The van der Waals surface area contributed by atoms with Gasteiger partial charge in [0.25, 0.3) is 0 Å². The summed E-state index contributed by atoms with van der Waals surface area (Å²) >= 11 is 1.70. The largest absolute Gasteiger partial charge is 0.360 e. The summed E-state index contributed by atoms with van der Waals surface area (Å²) in [5.74, 6) is 0. The maximum atomic E-state index is 4.30. The first-order valence-electron chi connectivity index (χ1n) is 7.02. The Morgan fingerprint density at radius 2 is 2.00 bits per heavy atom. The average molecular weight is 268 g/mol. The van der Waals surface area contributed by atoms with Crippen molar-refractivity contribution in [1.29, 1.82) is 0 Å². The Morgan fingerprint density at radius 1 is 1.28 bits per heavy atom. The van der Waals surface area contributed by atoms with Crippen LogP contribution in [-0.2, 0) is 6.54 Å². The molecule has 1 N–H and O–H groups in total. The van der Waals surface area contributed by atoms with E-state index in [-0.39, 0.29) is 0 Å². The van der Waals surface area contributed by atoms with E-state index >= 15 is 0 Å². The summed E-state index contributed by atoms with van der Waals surface area (Å²) in [4.78, 5) is 2.56. The second-order valence-corrected chi connectivity index (χ2v) is 6.29. The van der Waals surface area contributed by atoms with E-state index < -0.39 is 0 Å². The van der Waals surface area contributed by atoms with Crippen LogP contribution in [0.25, 0.3) is 0 Å². The molecular weight excluding hydrogens is 244 g/mol. The van der Waals surface area contributed by atoms with Crippen molar-refractivity contribution in [3.63, 3.8) is 0 Å². The number of rotatable bonds is 5. The van der Waals surface area contributed by atoms with E-state index in [1.807, 2.05) is 0 Å². The van der Waals surface area contributed by atoms with Crippen molar-refractivity contribution >= 4 is 16.5 Å². The Balaban J connectivity index is 1.93. The molecule has 1 aliphatic heterocycles. The fraction of sp³-hybridized carbons (Fsp3) is 0.846. The summed E-state index contributed by atoms with van der Waals surface area (Å²) in [5.41, 5.74) is 0. The van der Waals surface area contributed by atoms with Crippen LogP contribution in [-0.4, -0.2) is 33.7 Å². The minimum absolute atomic E-state index is 0.671. The molecule has 1 fully saturated rings. The average Bonchev–Trinajstić information content (AvgIpc) is 2.79. The van der Waals surface area contributed by atoms with E-state index in [1.165, 1.54) is 19.3 Å². The summed E-state index contributed by atoms with van der Waals surface area (Å²) in [6.45, 7) is 8.74. The summed E-state index contributed by atoms with van der Waals surface area (Å²) in [5, 5.41) is 13.9. The molecule has 2 atom stereocenters. The van der Waals surface area contributed by atoms with Crippen LogP contribution < -0.4 is 5.32 Å². The van der Waals surface area contributed by atoms with Crippen LogP contribution in [0.5, 0.6) is 0 Å². The van der Waals surface area contributed by atoms with Gasteiger partial charge in [-0.25, -0.2) is 0 Å². The Kier molecular flexibility index (Phi) is 4.95. The number of piperidine rings is 1. The molecule has 0 aliphatic carbocycles. The van der Waals surface area contributed by atoms with Crippen LogP contribution in [0, 0.1) is 0 Å². The normalized spacial score (nSPS) is 25.3. The van der Waals surface area contributed by atoms with Gasteiger partial charge in [-0.3, -0.25) is 4.90 Å². The second kappa shape index (κ2) is 6.48. The second-order valence-electron chi connectivity index (χ2n) is 5.23. The van der Waals surface area contributed by atoms with Gasteiger partial charge in [0.2, 0.25) is 5.13 Å². The van der Waals surface area contributed by atoms with E-state index in [4.69, 9.17) is 0 Å². The van der Waals surface area contributed by atoms with Crippen molar-refractivity contribution in [2.24, 2.45) is 0 Å². The minimum Gasteiger partial charge on any atom is -0.360 e. The van der Waals surface area contributed by atoms with Gasteiger partial charge in [0, 0.05) is 18.6 Å². The Hall–Kier alpha value is -0.680. The van der Waals surface area contributed by atoms with Crippen molar-refractivity contribution in [3.8, 4) is 0 Å². The fourth-order valence-corrected chi connectivity index (χ4v) is 3.34. The van der Waals surface area contributed by atoms with Crippen LogP contribution in [0.1, 0.15) is 51.5 Å². The van der Waals surface area contributed by atoms with Gasteiger partial charge in [-0.05, 0) is 33.1 Å². The molecule has 0 saturated carbocycles. The highest BCUT2D eigenvalue weighted by Gasteiger charge is 2.25. The third kappa shape index (κ3) is 3.42. The fourth-order valence-electron chi connectivity index (χ4n) is 2.56. The first kappa shape index (κ1) is 13.7. The monoisotopic (exact) mass is 268 g/mol. The molecular formula is C13H24N4S. The molecule has 1 saturated heterocycles. The number of aromatic nitrogens is 2. The van der Waals surface area contributed by atoms with Crippen molar-refractivity contribution < 1.29 is 0 Å². The summed E-state index contributed by atoms with van der Waals surface area (Å²) in [6, 6.07) is 1.34. The van der Waals surface area contributed by atoms with Gasteiger partial charge >= 0.3 is 0 Å². The summed E-state index contributed by atoms with van der Waals surface area (Å²) in [7, 11) is 0. The first-order chi connectivity index (χ1) is 8.70. The molecule has 0 unspecified atom stereocenters. The van der Waals surface area contributed by atoms with Gasteiger partial charge in [-0.1, -0.05) is 24.7 Å². The smallest absolute Gasteiger partial charge is 0.205 e. The highest BCUT2D eigenvalue weighted by atomic mass is 32.1. The van der Waals surface area contributed by atoms with Gasteiger partial charge in [0.1, 0.15) is 5.01 Å². The predicted octanol–water partition coefficient (Wildman–Crippen LogP) is 3.12. The first-order valence-corrected chi connectivity index (χ1v) is 7.84. The van der Waals surface area contributed by atoms with Gasteiger partial charge in [-0.2, -0.15) is 0 Å². The summed E-state index contributed by atoms with van der Waals surface area (Å²) < 4.78 is 0. The van der Waals surface area contributed by atoms with E-state index in [9.17, 15) is 0 Å². The Morgan fingerprint density at radius 3 is 2.67 bits per heavy atom. The maximum absolute atomic E-state index is 4.30. The molecule has 1 aromatic heterocycles. The molecule has 0 radical (unpaired) electrons. The molecule has 0 aromatic carbocycles. The van der Waals surface area contributed by atoms with E-state index in [1.54, 1.807) is 11.3 Å². The van der Waals surface area contributed by atoms with Crippen molar-refractivity contribution in [2.75, 3.05) is 11.9 Å². The van der Waals surface area contributed by atoms with E-state index in [0.717, 1.165) is 29.6 Å². The zero-order chi connectivity index (χ0) is 13.0. The molecule has 0 spiro atoms. The maximum Gasteiger partial charge on any atom is 0.205 e. The molecule has 1 aliphatic rings. The number of likely N-dealkylation sites (tertiary alicyclic amines) is 1. The van der Waals surface area contributed by atoms with Gasteiger partial charge in [0.15, 0.2) is 0 Å². The molecule has 18 heavy (non-hydrogen) atoms. The van der Waals surface area contributed by atoms with Crippen LogP contribution in [0.4, 0.5) is 5.13 Å². The zero-order valence-corrected chi connectivity index (χ0v) is 12.5. The molecule has 0 amide bonds. The molecule has 5 heteroatoms. The number of hydrogen-bond acceptors (Lipinski definition) is 5. The van der Waals surface area contributed by atoms with Gasteiger partial charge in [-0.15, -0.1) is 10.2 Å². The minimum atomic E-state index is 0.671. The Labute approximate surface area is 114 Å². The third-order valence-corrected chi connectivity index (χ3v) is 4.55. The number of nitrogens with zero attached hydrogens (tertiary/aromatic N) is 3. The van der Waals surface area contributed by atoms with Crippen LogP contribution in [0.15, 0.2) is 0 Å². The lowest BCUT2D eigenvalue weighted by molar-refractivity contribution is 0.0949. The highest BCUT2D eigenvalue weighted by molar-refractivity contribution is 7.15. The van der Waals surface area contributed by atoms with Crippen LogP contribution in [0.2, 0.25) is 0 Å². The van der Waals surface area contributed by atoms with Crippen molar-refractivity contribution in [2.45, 2.75) is 65.1 Å². The highest BCUT2D eigenvalue weighted by Crippen LogP contribution is 2.26. The quantitative estimate of drug-likeness (QED) is 0.891. The van der Waals surface area contributed by atoms with Crippen molar-refractivity contribution in [3.05, 3.63) is 5.01 Å². The lowest BCUT2D eigenvalue weighted by Crippen LogP contribution is -2.42. The van der Waals surface area contributed by atoms with Crippen molar-refractivity contribution in [1.82, 2.24) is 15.1 Å². The van der Waals surface area contributed by atoms with Crippen LogP contribution >= 0.6 is 11.3 Å². The lowest BCUT2D eigenvalue weighted by Gasteiger charge is -2.38. The van der Waals surface area contributed by atoms with E-state index in [2.05, 4.69) is 41.2 Å². The molecule has 102 valence electrons. The number of nitrogens with one attached hydrogen (secondary N) is 1. The number of anilines is 1. The van der Waals surface area contributed by atoms with Gasteiger partial charge in [0.05, 0.1) is 6.54 Å². The lowest BCUT2D eigenvalue weighted by atomic mass is 9.98. The van der Waals surface area contributed by atoms with Crippen LogP contribution in [0.3, 0.4) is 0 Å². The third-order valence-electron chi connectivity index (χ3n) is 3.69. The van der Waals surface area contributed by atoms with Gasteiger partial charge < -0.3 is 5.32 Å². The molecule has 2 rings (SSSR count).